The highest BCUT2D eigenvalue weighted by atomic mass is 19.1. The van der Waals surface area contributed by atoms with Crippen LogP contribution in [-0.2, 0) is 0 Å². The molecular weight excluding hydrogens is 290 g/mol. The van der Waals surface area contributed by atoms with E-state index in [4.69, 9.17) is 0 Å². The van der Waals surface area contributed by atoms with Crippen LogP contribution in [0.4, 0.5) is 8.78 Å². The maximum absolute atomic E-state index is 13.9. The molecule has 23 heavy (non-hydrogen) atoms. The van der Waals surface area contributed by atoms with Crippen LogP contribution in [0.15, 0.2) is 0 Å². The fourth-order valence-electron chi connectivity index (χ4n) is 4.84. The Morgan fingerprint density at radius 2 is 1.00 bits per heavy atom. The first-order valence-corrected chi connectivity index (χ1v) is 10.3. The fourth-order valence-corrected chi connectivity index (χ4v) is 4.84. The highest BCUT2D eigenvalue weighted by molar-refractivity contribution is 4.88. The summed E-state index contributed by atoms with van der Waals surface area (Å²) in [5.41, 5.74) is 0. The Morgan fingerprint density at radius 3 is 1.52 bits per heavy atom. The molecule has 0 heterocycles. The Labute approximate surface area is 142 Å². The van der Waals surface area contributed by atoms with E-state index in [1.165, 1.54) is 25.7 Å². The second-order valence-electron chi connectivity index (χ2n) is 8.93. The summed E-state index contributed by atoms with van der Waals surface area (Å²) in [6, 6.07) is 0. The molecule has 0 amide bonds. The van der Waals surface area contributed by atoms with E-state index in [-0.39, 0.29) is 11.8 Å². The SMILES string of the molecule is CC1CCC(C)CC1.CC1CCC(C2CCCCC2F)C(F)C1. The summed E-state index contributed by atoms with van der Waals surface area (Å²) in [6.45, 7) is 6.84. The molecule has 136 valence electrons. The van der Waals surface area contributed by atoms with Gasteiger partial charge in [0.25, 0.3) is 0 Å². The van der Waals surface area contributed by atoms with E-state index in [9.17, 15) is 8.78 Å². The minimum Gasteiger partial charge on any atom is -0.247 e. The summed E-state index contributed by atoms with van der Waals surface area (Å²) in [5.74, 6) is 2.59. The Balaban J connectivity index is 0.000000203. The van der Waals surface area contributed by atoms with Crippen LogP contribution in [0.25, 0.3) is 0 Å². The molecule has 5 atom stereocenters. The average molecular weight is 329 g/mol. The Morgan fingerprint density at radius 1 is 0.522 bits per heavy atom. The van der Waals surface area contributed by atoms with Crippen LogP contribution in [0.1, 0.15) is 91.4 Å². The second-order valence-corrected chi connectivity index (χ2v) is 8.93. The third kappa shape index (κ3) is 6.02. The van der Waals surface area contributed by atoms with Crippen molar-refractivity contribution in [2.24, 2.45) is 29.6 Å². The molecule has 0 bridgehead atoms. The lowest BCUT2D eigenvalue weighted by molar-refractivity contribution is 0.0266. The van der Waals surface area contributed by atoms with E-state index in [1.54, 1.807) is 0 Å². The minimum absolute atomic E-state index is 0.0245. The largest absolute Gasteiger partial charge is 0.247 e. The molecule has 3 saturated carbocycles. The molecule has 0 spiro atoms. The molecule has 0 aromatic heterocycles. The summed E-state index contributed by atoms with van der Waals surface area (Å²) in [7, 11) is 0. The average Bonchev–Trinajstić information content (AvgIpc) is 2.52. The van der Waals surface area contributed by atoms with Gasteiger partial charge in [-0.25, -0.2) is 8.78 Å². The standard InChI is InChI=1S/C13H22F2.C8H16/c1-9-6-7-11(13(15)8-9)10-4-2-3-5-12(10)14;1-7-3-5-8(2)6-4-7/h9-13H,2-8H2,1H3;7-8H,3-6H2,1-2H3. The van der Waals surface area contributed by atoms with E-state index in [2.05, 4.69) is 20.8 Å². The summed E-state index contributed by atoms with van der Waals surface area (Å²) >= 11 is 0. The number of rotatable bonds is 1. The van der Waals surface area contributed by atoms with E-state index in [0.717, 1.165) is 43.9 Å². The van der Waals surface area contributed by atoms with Crippen molar-refractivity contribution in [2.75, 3.05) is 0 Å². The number of alkyl halides is 2. The molecule has 0 aliphatic heterocycles. The maximum Gasteiger partial charge on any atom is 0.104 e. The Bertz CT molecular complexity index is 312. The van der Waals surface area contributed by atoms with Crippen molar-refractivity contribution in [2.45, 2.75) is 104 Å². The molecule has 3 aliphatic carbocycles. The molecule has 0 N–H and O–H groups in total. The van der Waals surface area contributed by atoms with Crippen molar-refractivity contribution < 1.29 is 8.78 Å². The third-order valence-electron chi connectivity index (χ3n) is 6.67. The zero-order valence-corrected chi connectivity index (χ0v) is 15.6. The monoisotopic (exact) mass is 328 g/mol. The van der Waals surface area contributed by atoms with Gasteiger partial charge in [-0.15, -0.1) is 0 Å². The summed E-state index contributed by atoms with van der Waals surface area (Å²) in [5, 5.41) is 0. The van der Waals surface area contributed by atoms with E-state index >= 15 is 0 Å². The van der Waals surface area contributed by atoms with Gasteiger partial charge < -0.3 is 0 Å². The molecule has 0 radical (unpaired) electrons. The van der Waals surface area contributed by atoms with Gasteiger partial charge >= 0.3 is 0 Å². The van der Waals surface area contributed by atoms with Crippen molar-refractivity contribution in [1.82, 2.24) is 0 Å². The molecule has 5 unspecified atom stereocenters. The zero-order valence-electron chi connectivity index (χ0n) is 15.6. The lowest BCUT2D eigenvalue weighted by Crippen LogP contribution is -2.37. The fraction of sp³-hybridized carbons (Fsp3) is 1.00. The van der Waals surface area contributed by atoms with Crippen molar-refractivity contribution in [3.05, 3.63) is 0 Å². The van der Waals surface area contributed by atoms with Gasteiger partial charge in [0.1, 0.15) is 12.3 Å². The van der Waals surface area contributed by atoms with Crippen LogP contribution in [0.5, 0.6) is 0 Å². The van der Waals surface area contributed by atoms with Crippen molar-refractivity contribution in [3.63, 3.8) is 0 Å². The zero-order chi connectivity index (χ0) is 16.8. The van der Waals surface area contributed by atoms with Crippen molar-refractivity contribution in [1.29, 1.82) is 0 Å². The lowest BCUT2D eigenvalue weighted by Gasteiger charge is -2.38. The number of hydrogen-bond acceptors (Lipinski definition) is 0. The van der Waals surface area contributed by atoms with Gasteiger partial charge in [0, 0.05) is 0 Å². The smallest absolute Gasteiger partial charge is 0.104 e. The first kappa shape index (κ1) is 19.2. The van der Waals surface area contributed by atoms with E-state index < -0.39 is 12.3 Å². The summed E-state index contributed by atoms with van der Waals surface area (Å²) in [6.07, 6.45) is 10.8. The van der Waals surface area contributed by atoms with Gasteiger partial charge in [0.2, 0.25) is 0 Å². The molecule has 0 saturated heterocycles. The van der Waals surface area contributed by atoms with E-state index in [0.29, 0.717) is 18.8 Å². The predicted octanol–water partition coefficient (Wildman–Crippen LogP) is 7.12. The van der Waals surface area contributed by atoms with Gasteiger partial charge in [0.15, 0.2) is 0 Å². The summed E-state index contributed by atoms with van der Waals surface area (Å²) < 4.78 is 27.6. The molecule has 2 heteroatoms. The van der Waals surface area contributed by atoms with Gasteiger partial charge in [0.05, 0.1) is 0 Å². The summed E-state index contributed by atoms with van der Waals surface area (Å²) in [4.78, 5) is 0. The van der Waals surface area contributed by atoms with Crippen LogP contribution in [0.3, 0.4) is 0 Å². The minimum atomic E-state index is -0.741. The Hall–Kier alpha value is -0.140. The Kier molecular flexibility index (Phi) is 7.82. The molecule has 0 aromatic rings. The highest BCUT2D eigenvalue weighted by Gasteiger charge is 2.39. The first-order chi connectivity index (χ1) is 11.0. The molecule has 3 rings (SSSR count). The van der Waals surface area contributed by atoms with Crippen LogP contribution >= 0.6 is 0 Å². The van der Waals surface area contributed by atoms with Crippen molar-refractivity contribution in [3.8, 4) is 0 Å². The molecule has 3 aliphatic rings. The van der Waals surface area contributed by atoms with Crippen LogP contribution in [-0.4, -0.2) is 12.3 Å². The second kappa shape index (κ2) is 9.37. The lowest BCUT2D eigenvalue weighted by atomic mass is 9.69. The molecule has 0 aromatic carbocycles. The van der Waals surface area contributed by atoms with Gasteiger partial charge in [-0.3, -0.25) is 0 Å². The first-order valence-electron chi connectivity index (χ1n) is 10.3. The molecular formula is C21H38F2. The predicted molar refractivity (Wildman–Crippen MR) is 95.1 cm³/mol. The number of halogens is 2. The maximum atomic E-state index is 13.9. The number of hydrogen-bond donors (Lipinski definition) is 0. The van der Waals surface area contributed by atoms with Gasteiger partial charge in [-0.05, 0) is 55.3 Å². The van der Waals surface area contributed by atoms with E-state index in [1.807, 2.05) is 0 Å². The van der Waals surface area contributed by atoms with Gasteiger partial charge in [-0.2, -0.15) is 0 Å². The topological polar surface area (TPSA) is 0 Å². The van der Waals surface area contributed by atoms with Gasteiger partial charge in [-0.1, -0.05) is 65.7 Å². The molecule has 3 fully saturated rings. The molecule has 0 nitrogen and oxygen atoms in total. The van der Waals surface area contributed by atoms with Crippen LogP contribution in [0, 0.1) is 29.6 Å². The third-order valence-corrected chi connectivity index (χ3v) is 6.67. The quantitative estimate of drug-likeness (QED) is 0.480. The van der Waals surface area contributed by atoms with Crippen molar-refractivity contribution >= 4 is 0 Å². The normalized spacial score (nSPS) is 45.0. The van der Waals surface area contributed by atoms with Crippen LogP contribution < -0.4 is 0 Å². The highest BCUT2D eigenvalue weighted by Crippen LogP contribution is 2.42. The van der Waals surface area contributed by atoms with Crippen LogP contribution in [0.2, 0.25) is 0 Å².